The predicted octanol–water partition coefficient (Wildman–Crippen LogP) is 3.59. The van der Waals surface area contributed by atoms with Crippen molar-refractivity contribution >= 4 is 17.3 Å². The lowest BCUT2D eigenvalue weighted by Gasteiger charge is -2.22. The van der Waals surface area contributed by atoms with Gasteiger partial charge in [-0.25, -0.2) is 0 Å². The lowest BCUT2D eigenvalue weighted by atomic mass is 10.2. The normalized spacial score (nSPS) is 16.6. The van der Waals surface area contributed by atoms with E-state index in [1.807, 2.05) is 18.2 Å². The predicted molar refractivity (Wildman–Crippen MR) is 66.8 cm³/mol. The summed E-state index contributed by atoms with van der Waals surface area (Å²) in [5.41, 5.74) is 1.70. The van der Waals surface area contributed by atoms with Crippen molar-refractivity contribution in [2.24, 2.45) is 0 Å². The number of nitrogens with zero attached hydrogens (tertiary/aromatic N) is 2. The first kappa shape index (κ1) is 11.3. The molecule has 0 amide bonds. The first-order valence-corrected chi connectivity index (χ1v) is 6.13. The summed E-state index contributed by atoms with van der Waals surface area (Å²) < 4.78 is 0. The maximum atomic E-state index is 8.82. The summed E-state index contributed by atoms with van der Waals surface area (Å²) in [4.78, 5) is 2.36. The fraction of sp³-hybridized carbons (Fsp3) is 0.462. The summed E-state index contributed by atoms with van der Waals surface area (Å²) in [5, 5.41) is 9.38. The van der Waals surface area contributed by atoms with Gasteiger partial charge in [0.1, 0.15) is 6.07 Å². The molecule has 84 valence electrons. The van der Waals surface area contributed by atoms with Gasteiger partial charge in [-0.2, -0.15) is 5.26 Å². The second-order valence-corrected chi connectivity index (χ2v) is 4.58. The van der Waals surface area contributed by atoms with Crippen molar-refractivity contribution in [3.05, 3.63) is 28.8 Å². The van der Waals surface area contributed by atoms with Crippen LogP contribution in [0.4, 0.5) is 5.69 Å². The maximum absolute atomic E-state index is 8.82. The Kier molecular flexibility index (Phi) is 3.69. The van der Waals surface area contributed by atoms with E-state index < -0.39 is 0 Å². The van der Waals surface area contributed by atoms with Gasteiger partial charge in [0.15, 0.2) is 0 Å². The van der Waals surface area contributed by atoms with E-state index >= 15 is 0 Å². The Labute approximate surface area is 101 Å². The minimum atomic E-state index is 0.556. The molecule has 0 unspecified atom stereocenters. The average Bonchev–Trinajstić information content (AvgIpc) is 2.57. The number of nitriles is 1. The monoisotopic (exact) mass is 234 g/mol. The van der Waals surface area contributed by atoms with Crippen LogP contribution >= 0.6 is 11.6 Å². The summed E-state index contributed by atoms with van der Waals surface area (Å²) in [6.07, 6.45) is 5.14. The molecule has 1 aromatic rings. The highest BCUT2D eigenvalue weighted by molar-refractivity contribution is 6.32. The van der Waals surface area contributed by atoms with Crippen molar-refractivity contribution < 1.29 is 0 Å². The zero-order valence-corrected chi connectivity index (χ0v) is 10.0. The summed E-state index contributed by atoms with van der Waals surface area (Å²) in [7, 11) is 0. The molecule has 0 aliphatic carbocycles. The Morgan fingerprint density at radius 3 is 2.38 bits per heavy atom. The molecular weight excluding hydrogens is 220 g/mol. The van der Waals surface area contributed by atoms with Crippen LogP contribution in [0.25, 0.3) is 0 Å². The van der Waals surface area contributed by atoms with Crippen molar-refractivity contribution in [3.63, 3.8) is 0 Å². The van der Waals surface area contributed by atoms with Gasteiger partial charge in [-0.15, -0.1) is 0 Å². The van der Waals surface area contributed by atoms with Gasteiger partial charge in [-0.3, -0.25) is 0 Å². The third kappa shape index (κ3) is 2.48. The molecule has 0 saturated carbocycles. The van der Waals surface area contributed by atoms with E-state index in [1.54, 1.807) is 0 Å². The highest BCUT2D eigenvalue weighted by Gasteiger charge is 2.11. The molecule has 1 aromatic carbocycles. The standard InChI is InChI=1S/C13H15ClN2/c14-13-9-12(6-5-11(13)10-15)16-7-3-1-2-4-8-16/h5-6,9H,1-4,7-8H2. The third-order valence-corrected chi connectivity index (χ3v) is 3.36. The molecule has 3 heteroatoms. The molecule has 1 aliphatic rings. The van der Waals surface area contributed by atoms with E-state index in [9.17, 15) is 0 Å². The second-order valence-electron chi connectivity index (χ2n) is 4.18. The van der Waals surface area contributed by atoms with Gasteiger partial charge in [0.2, 0.25) is 0 Å². The topological polar surface area (TPSA) is 27.0 Å². The number of anilines is 1. The van der Waals surface area contributed by atoms with Crippen LogP contribution in [0.15, 0.2) is 18.2 Å². The van der Waals surface area contributed by atoms with Crippen LogP contribution in [0.3, 0.4) is 0 Å². The van der Waals surface area contributed by atoms with E-state index in [1.165, 1.54) is 25.7 Å². The summed E-state index contributed by atoms with van der Waals surface area (Å²) in [5.74, 6) is 0. The lowest BCUT2D eigenvalue weighted by molar-refractivity contribution is 0.726. The highest BCUT2D eigenvalue weighted by atomic mass is 35.5. The van der Waals surface area contributed by atoms with Gasteiger partial charge in [-0.05, 0) is 31.0 Å². The molecule has 0 N–H and O–H groups in total. The zero-order valence-electron chi connectivity index (χ0n) is 9.25. The third-order valence-electron chi connectivity index (χ3n) is 3.04. The molecule has 0 atom stereocenters. The van der Waals surface area contributed by atoms with Crippen LogP contribution in [0.1, 0.15) is 31.2 Å². The van der Waals surface area contributed by atoms with Crippen LogP contribution in [-0.2, 0) is 0 Å². The molecule has 2 rings (SSSR count). The van der Waals surface area contributed by atoms with Crippen LogP contribution in [0.2, 0.25) is 5.02 Å². The second kappa shape index (κ2) is 5.23. The minimum absolute atomic E-state index is 0.556. The van der Waals surface area contributed by atoms with Gasteiger partial charge >= 0.3 is 0 Å². The summed E-state index contributed by atoms with van der Waals surface area (Å²) >= 11 is 6.04. The lowest BCUT2D eigenvalue weighted by Crippen LogP contribution is -2.23. The number of halogens is 1. The van der Waals surface area contributed by atoms with Crippen molar-refractivity contribution in [2.75, 3.05) is 18.0 Å². The highest BCUT2D eigenvalue weighted by Crippen LogP contribution is 2.25. The van der Waals surface area contributed by atoms with Gasteiger partial charge in [0, 0.05) is 18.8 Å². The molecule has 1 saturated heterocycles. The molecular formula is C13H15ClN2. The molecule has 0 spiro atoms. The smallest absolute Gasteiger partial charge is 0.101 e. The SMILES string of the molecule is N#Cc1ccc(N2CCCCCC2)cc1Cl. The van der Waals surface area contributed by atoms with E-state index in [0.29, 0.717) is 10.6 Å². The number of hydrogen-bond acceptors (Lipinski definition) is 2. The first-order valence-electron chi connectivity index (χ1n) is 5.76. The quantitative estimate of drug-likeness (QED) is 0.743. The molecule has 0 aromatic heterocycles. The molecule has 1 aliphatic heterocycles. The fourth-order valence-electron chi connectivity index (χ4n) is 2.12. The van der Waals surface area contributed by atoms with E-state index in [4.69, 9.17) is 16.9 Å². The fourth-order valence-corrected chi connectivity index (χ4v) is 2.34. The zero-order chi connectivity index (χ0) is 11.4. The molecule has 0 radical (unpaired) electrons. The molecule has 2 nitrogen and oxygen atoms in total. The average molecular weight is 235 g/mol. The van der Waals surface area contributed by atoms with Gasteiger partial charge in [0.25, 0.3) is 0 Å². The Morgan fingerprint density at radius 1 is 1.12 bits per heavy atom. The van der Waals surface area contributed by atoms with E-state index in [0.717, 1.165) is 18.8 Å². The number of benzene rings is 1. The Hall–Kier alpha value is -1.20. The first-order chi connectivity index (χ1) is 7.81. The molecule has 16 heavy (non-hydrogen) atoms. The van der Waals surface area contributed by atoms with Gasteiger partial charge < -0.3 is 4.90 Å². The van der Waals surface area contributed by atoms with Crippen LogP contribution in [0.5, 0.6) is 0 Å². The van der Waals surface area contributed by atoms with Crippen LogP contribution in [-0.4, -0.2) is 13.1 Å². The van der Waals surface area contributed by atoms with Crippen molar-refractivity contribution in [1.29, 1.82) is 5.26 Å². The Bertz CT molecular complexity index is 401. The minimum Gasteiger partial charge on any atom is -0.371 e. The van der Waals surface area contributed by atoms with Crippen molar-refractivity contribution in [2.45, 2.75) is 25.7 Å². The molecule has 1 fully saturated rings. The molecule has 1 heterocycles. The largest absolute Gasteiger partial charge is 0.371 e. The van der Waals surface area contributed by atoms with Gasteiger partial charge in [-0.1, -0.05) is 24.4 Å². The van der Waals surface area contributed by atoms with Gasteiger partial charge in [0.05, 0.1) is 10.6 Å². The van der Waals surface area contributed by atoms with E-state index in [2.05, 4.69) is 11.0 Å². The van der Waals surface area contributed by atoms with Crippen LogP contribution < -0.4 is 4.90 Å². The Balaban J connectivity index is 2.20. The maximum Gasteiger partial charge on any atom is 0.101 e. The van der Waals surface area contributed by atoms with Crippen molar-refractivity contribution in [1.82, 2.24) is 0 Å². The summed E-state index contributed by atoms with van der Waals surface area (Å²) in [6, 6.07) is 7.80. The summed E-state index contributed by atoms with van der Waals surface area (Å²) in [6.45, 7) is 2.20. The Morgan fingerprint density at radius 2 is 1.81 bits per heavy atom. The molecule has 0 bridgehead atoms. The van der Waals surface area contributed by atoms with Crippen LogP contribution in [0, 0.1) is 11.3 Å². The number of hydrogen-bond donors (Lipinski definition) is 0. The van der Waals surface area contributed by atoms with Crippen molar-refractivity contribution in [3.8, 4) is 6.07 Å². The number of rotatable bonds is 1. The van der Waals surface area contributed by atoms with E-state index in [-0.39, 0.29) is 0 Å².